The molecule has 0 aromatic heterocycles. The topological polar surface area (TPSA) is 29.1 Å². The molecular weight excluding hydrogens is 243 g/mol. The average molecular weight is 257 g/mol. The molecule has 0 aliphatic rings. The predicted molar refractivity (Wildman–Crippen MR) is 62.7 cm³/mol. The number of aryl methyl sites for hydroxylation is 1. The van der Waals surface area contributed by atoms with Crippen molar-refractivity contribution in [3.05, 3.63) is 47.7 Å². The van der Waals surface area contributed by atoms with Crippen LogP contribution in [0.4, 0.5) is 13.2 Å². The molecule has 0 heterocycles. The van der Waals surface area contributed by atoms with E-state index in [1.165, 1.54) is 6.92 Å². The highest BCUT2D eigenvalue weighted by molar-refractivity contribution is 5.74. The minimum Gasteiger partial charge on any atom is -0.330 e. The zero-order chi connectivity index (χ0) is 13.6. The highest BCUT2D eigenvalue weighted by Gasteiger charge is 2.24. The van der Waals surface area contributed by atoms with Crippen molar-refractivity contribution >= 4 is 5.91 Å². The first-order valence-electron chi connectivity index (χ1n) is 5.47. The Labute approximate surface area is 104 Å². The van der Waals surface area contributed by atoms with E-state index in [9.17, 15) is 18.0 Å². The number of rotatable bonds is 4. The van der Waals surface area contributed by atoms with E-state index < -0.39 is 12.1 Å². The Bertz CT molecular complexity index is 424. The molecule has 0 aliphatic carbocycles. The van der Waals surface area contributed by atoms with Crippen molar-refractivity contribution in [3.63, 3.8) is 0 Å². The van der Waals surface area contributed by atoms with E-state index in [4.69, 9.17) is 0 Å². The van der Waals surface area contributed by atoms with Crippen molar-refractivity contribution in [1.29, 1.82) is 0 Å². The predicted octanol–water partition coefficient (Wildman–Crippen LogP) is 3.20. The molecule has 1 N–H and O–H groups in total. The lowest BCUT2D eigenvalue weighted by Crippen LogP contribution is -2.22. The van der Waals surface area contributed by atoms with Crippen LogP contribution in [0.3, 0.4) is 0 Å². The third-order valence-electron chi connectivity index (χ3n) is 2.20. The molecule has 0 atom stereocenters. The van der Waals surface area contributed by atoms with Gasteiger partial charge < -0.3 is 5.32 Å². The first-order chi connectivity index (χ1) is 8.37. The van der Waals surface area contributed by atoms with Gasteiger partial charge >= 0.3 is 6.18 Å². The lowest BCUT2D eigenvalue weighted by atomic mass is 10.1. The number of amides is 1. The van der Waals surface area contributed by atoms with Gasteiger partial charge in [-0.15, -0.1) is 0 Å². The van der Waals surface area contributed by atoms with Crippen LogP contribution in [0.5, 0.6) is 0 Å². The minimum atomic E-state index is -4.42. The van der Waals surface area contributed by atoms with Gasteiger partial charge in [0.25, 0.3) is 0 Å². The Morgan fingerprint density at radius 3 is 2.39 bits per heavy atom. The van der Waals surface area contributed by atoms with Crippen LogP contribution in [0.15, 0.2) is 42.1 Å². The summed E-state index contributed by atoms with van der Waals surface area (Å²) >= 11 is 0. The van der Waals surface area contributed by atoms with Gasteiger partial charge in [-0.25, -0.2) is 0 Å². The maximum absolute atomic E-state index is 12.3. The maximum Gasteiger partial charge on any atom is 0.411 e. The monoisotopic (exact) mass is 257 g/mol. The Morgan fingerprint density at radius 1 is 1.28 bits per heavy atom. The number of hydrogen-bond donors (Lipinski definition) is 1. The number of hydrogen-bond acceptors (Lipinski definition) is 1. The summed E-state index contributed by atoms with van der Waals surface area (Å²) in [5.74, 6) is -0.501. The largest absolute Gasteiger partial charge is 0.411 e. The van der Waals surface area contributed by atoms with Crippen LogP contribution in [0, 0.1) is 0 Å². The molecule has 5 heteroatoms. The second-order valence-corrected chi connectivity index (χ2v) is 3.88. The van der Waals surface area contributed by atoms with Crippen molar-refractivity contribution < 1.29 is 18.0 Å². The van der Waals surface area contributed by atoms with E-state index in [0.29, 0.717) is 6.42 Å². The van der Waals surface area contributed by atoms with Crippen LogP contribution < -0.4 is 5.32 Å². The van der Waals surface area contributed by atoms with E-state index in [-0.39, 0.29) is 18.2 Å². The van der Waals surface area contributed by atoms with E-state index in [1.807, 2.05) is 30.3 Å². The highest BCUT2D eigenvalue weighted by atomic mass is 19.4. The summed E-state index contributed by atoms with van der Waals surface area (Å²) in [6.07, 6.45) is -3.70. The van der Waals surface area contributed by atoms with E-state index in [1.54, 1.807) is 0 Å². The second-order valence-electron chi connectivity index (χ2n) is 3.88. The molecule has 0 spiro atoms. The summed E-state index contributed by atoms with van der Waals surface area (Å²) in [6.45, 7) is 1.19. The molecule has 98 valence electrons. The molecular formula is C13H14F3NO. The summed E-state index contributed by atoms with van der Waals surface area (Å²) < 4.78 is 36.8. The van der Waals surface area contributed by atoms with E-state index in [2.05, 4.69) is 5.32 Å². The molecule has 0 radical (unpaired) electrons. The van der Waals surface area contributed by atoms with Crippen LogP contribution in [0.1, 0.15) is 18.9 Å². The Morgan fingerprint density at radius 2 is 1.89 bits per heavy atom. The number of nitrogens with one attached hydrogen (secondary N) is 1. The number of alkyl halides is 3. The summed E-state index contributed by atoms with van der Waals surface area (Å²) in [4.78, 5) is 10.8. The van der Waals surface area contributed by atoms with Gasteiger partial charge in [-0.2, -0.15) is 13.2 Å². The van der Waals surface area contributed by atoms with Gasteiger partial charge in [0.15, 0.2) is 0 Å². The third-order valence-corrected chi connectivity index (χ3v) is 2.20. The number of carbonyl (C=O) groups is 1. The Balaban J connectivity index is 2.68. The quantitative estimate of drug-likeness (QED) is 0.881. The Hall–Kier alpha value is -1.78. The molecule has 0 saturated heterocycles. The van der Waals surface area contributed by atoms with Gasteiger partial charge in [-0.3, -0.25) is 4.79 Å². The first kappa shape index (κ1) is 14.3. The first-order valence-corrected chi connectivity index (χ1v) is 5.47. The lowest BCUT2D eigenvalue weighted by Gasteiger charge is -2.10. The molecule has 1 amide bonds. The average Bonchev–Trinajstić information content (AvgIpc) is 2.24. The molecule has 0 saturated carbocycles. The van der Waals surface area contributed by atoms with Crippen molar-refractivity contribution in [2.24, 2.45) is 0 Å². The van der Waals surface area contributed by atoms with Crippen molar-refractivity contribution in [2.75, 3.05) is 0 Å². The smallest absolute Gasteiger partial charge is 0.330 e. The maximum atomic E-state index is 12.3. The molecule has 18 heavy (non-hydrogen) atoms. The third kappa shape index (κ3) is 6.08. The van der Waals surface area contributed by atoms with Crippen LogP contribution in [0.25, 0.3) is 0 Å². The van der Waals surface area contributed by atoms with Crippen molar-refractivity contribution in [2.45, 2.75) is 25.9 Å². The van der Waals surface area contributed by atoms with Gasteiger partial charge in [0.05, 0.1) is 0 Å². The SMILES string of the molecule is CC(=O)N/C(=C/C(F)(F)F)CCc1ccccc1. The zero-order valence-corrected chi connectivity index (χ0v) is 9.92. The number of allylic oxidation sites excluding steroid dienone is 2. The van der Waals surface area contributed by atoms with Crippen molar-refractivity contribution in [1.82, 2.24) is 5.32 Å². The number of carbonyl (C=O) groups excluding carboxylic acids is 1. The van der Waals surface area contributed by atoms with Crippen LogP contribution in [0.2, 0.25) is 0 Å². The number of benzene rings is 1. The minimum absolute atomic E-state index is 0.112. The van der Waals surface area contributed by atoms with Gasteiger partial charge in [0, 0.05) is 18.7 Å². The summed E-state index contributed by atoms with van der Waals surface area (Å²) in [5.41, 5.74) is 0.815. The van der Waals surface area contributed by atoms with Gasteiger partial charge in [-0.05, 0) is 18.4 Å². The van der Waals surface area contributed by atoms with Gasteiger partial charge in [0.1, 0.15) is 0 Å². The molecule has 1 aromatic carbocycles. The summed E-state index contributed by atoms with van der Waals surface area (Å²) in [5, 5.41) is 2.21. The fraction of sp³-hybridized carbons (Fsp3) is 0.308. The molecule has 2 nitrogen and oxygen atoms in total. The summed E-state index contributed by atoms with van der Waals surface area (Å²) in [6, 6.07) is 9.14. The van der Waals surface area contributed by atoms with Crippen LogP contribution in [-0.4, -0.2) is 12.1 Å². The standard InChI is InChI=1S/C13H14F3NO/c1-10(18)17-12(9-13(14,15)16)8-7-11-5-3-2-4-6-11/h2-6,9H,7-8H2,1H3,(H,17,18)/b12-9+. The molecule has 0 unspecified atom stereocenters. The van der Waals surface area contributed by atoms with Crippen LogP contribution in [-0.2, 0) is 11.2 Å². The van der Waals surface area contributed by atoms with Crippen molar-refractivity contribution in [3.8, 4) is 0 Å². The molecule has 0 fully saturated rings. The zero-order valence-electron chi connectivity index (χ0n) is 9.92. The van der Waals surface area contributed by atoms with E-state index >= 15 is 0 Å². The lowest BCUT2D eigenvalue weighted by molar-refractivity contribution is -0.118. The van der Waals surface area contributed by atoms with E-state index in [0.717, 1.165) is 5.56 Å². The number of halogens is 3. The van der Waals surface area contributed by atoms with Gasteiger partial charge in [0.2, 0.25) is 5.91 Å². The second kappa shape index (κ2) is 6.23. The molecule has 1 aromatic rings. The van der Waals surface area contributed by atoms with Crippen LogP contribution >= 0.6 is 0 Å². The summed E-state index contributed by atoms with van der Waals surface area (Å²) in [7, 11) is 0. The molecule has 0 bridgehead atoms. The Kier molecular flexibility index (Phi) is 4.95. The fourth-order valence-electron chi connectivity index (χ4n) is 1.52. The highest BCUT2D eigenvalue weighted by Crippen LogP contribution is 2.19. The van der Waals surface area contributed by atoms with Gasteiger partial charge in [-0.1, -0.05) is 30.3 Å². The normalized spacial score (nSPS) is 12.3. The molecule has 1 rings (SSSR count). The molecule has 0 aliphatic heterocycles. The fourth-order valence-corrected chi connectivity index (χ4v) is 1.52.